The van der Waals surface area contributed by atoms with Gasteiger partial charge in [0.1, 0.15) is 5.84 Å². The van der Waals surface area contributed by atoms with Crippen molar-refractivity contribution >= 4 is 5.84 Å². The summed E-state index contributed by atoms with van der Waals surface area (Å²) in [5, 5.41) is 0. The number of hydrogen-bond acceptors (Lipinski definition) is 1. The molecule has 0 amide bonds. The van der Waals surface area contributed by atoms with Crippen LogP contribution in [0.4, 0.5) is 0 Å². The van der Waals surface area contributed by atoms with Crippen LogP contribution < -0.4 is 0 Å². The van der Waals surface area contributed by atoms with E-state index in [0.717, 1.165) is 18.8 Å². The number of likely N-dealkylation sites (N-methyl/N-ethyl adjacent to an activating group) is 1. The first-order chi connectivity index (χ1) is 6.71. The van der Waals surface area contributed by atoms with Crippen LogP contribution in [0.25, 0.3) is 0 Å². The molecule has 2 nitrogen and oxygen atoms in total. The molecule has 0 aliphatic heterocycles. The van der Waals surface area contributed by atoms with Crippen molar-refractivity contribution in [1.29, 1.82) is 0 Å². The quantitative estimate of drug-likeness (QED) is 0.487. The van der Waals surface area contributed by atoms with Gasteiger partial charge >= 0.3 is 0 Å². The number of rotatable bonds is 5. The van der Waals surface area contributed by atoms with Gasteiger partial charge in [-0.3, -0.25) is 4.99 Å². The molecule has 0 unspecified atom stereocenters. The van der Waals surface area contributed by atoms with E-state index in [1.807, 2.05) is 7.05 Å². The van der Waals surface area contributed by atoms with Crippen LogP contribution in [-0.4, -0.2) is 31.4 Å². The van der Waals surface area contributed by atoms with Crippen LogP contribution in [-0.2, 0) is 0 Å². The van der Waals surface area contributed by atoms with E-state index in [1.54, 1.807) is 0 Å². The van der Waals surface area contributed by atoms with Crippen LogP contribution in [0.3, 0.4) is 0 Å². The average Bonchev–Trinajstić information content (AvgIpc) is 2.23. The molecule has 14 heavy (non-hydrogen) atoms. The summed E-state index contributed by atoms with van der Waals surface area (Å²) in [4.78, 5) is 6.56. The van der Waals surface area contributed by atoms with Crippen LogP contribution in [0.2, 0.25) is 0 Å². The molecule has 0 saturated heterocycles. The minimum Gasteiger partial charge on any atom is -0.360 e. The minimum atomic E-state index is 1.01. The Labute approximate surface area is 88.7 Å². The zero-order valence-corrected chi connectivity index (χ0v) is 10.3. The first-order valence-corrected chi connectivity index (χ1v) is 5.54. The fraction of sp³-hybridized carbons (Fsp3) is 0.750. The van der Waals surface area contributed by atoms with Crippen molar-refractivity contribution in [3.63, 3.8) is 0 Å². The van der Waals surface area contributed by atoms with Gasteiger partial charge in [0.2, 0.25) is 0 Å². The molecular formula is C12H24N2. The van der Waals surface area contributed by atoms with Gasteiger partial charge in [-0.1, -0.05) is 19.4 Å². The molecule has 0 aliphatic carbocycles. The Morgan fingerprint density at radius 2 is 2.00 bits per heavy atom. The highest BCUT2D eigenvalue weighted by Crippen LogP contribution is 2.11. The van der Waals surface area contributed by atoms with E-state index in [-0.39, 0.29) is 0 Å². The molecule has 0 N–H and O–H groups in total. The molecule has 82 valence electrons. The average molecular weight is 196 g/mol. The zero-order chi connectivity index (χ0) is 11.0. The predicted molar refractivity (Wildman–Crippen MR) is 64.9 cm³/mol. The summed E-state index contributed by atoms with van der Waals surface area (Å²) < 4.78 is 0. The van der Waals surface area contributed by atoms with Crippen molar-refractivity contribution in [2.45, 2.75) is 40.0 Å². The standard InChI is InChI=1S/C12H24N2/c1-6-9-10-11(7-2)12(13-4)14(5)8-3/h7H,6,8-10H2,1-5H3/b11-7+,13-12?. The van der Waals surface area contributed by atoms with Crippen molar-refractivity contribution in [1.82, 2.24) is 4.90 Å². The van der Waals surface area contributed by atoms with Gasteiger partial charge in [0.05, 0.1) is 0 Å². The fourth-order valence-corrected chi connectivity index (χ4v) is 1.46. The van der Waals surface area contributed by atoms with Crippen LogP contribution in [0.15, 0.2) is 16.6 Å². The van der Waals surface area contributed by atoms with Crippen molar-refractivity contribution in [2.24, 2.45) is 4.99 Å². The molecule has 0 aliphatic rings. The van der Waals surface area contributed by atoms with Gasteiger partial charge in [-0.05, 0) is 32.3 Å². The highest BCUT2D eigenvalue weighted by molar-refractivity contribution is 5.97. The molecule has 0 radical (unpaired) electrons. The normalized spacial score (nSPS) is 13.2. The van der Waals surface area contributed by atoms with E-state index < -0.39 is 0 Å². The van der Waals surface area contributed by atoms with E-state index in [4.69, 9.17) is 0 Å². The van der Waals surface area contributed by atoms with Crippen molar-refractivity contribution in [2.75, 3.05) is 20.6 Å². The number of unbranched alkanes of at least 4 members (excludes halogenated alkanes) is 1. The second-order valence-corrected chi connectivity index (χ2v) is 3.48. The highest BCUT2D eigenvalue weighted by atomic mass is 15.2. The van der Waals surface area contributed by atoms with Crippen molar-refractivity contribution in [3.8, 4) is 0 Å². The topological polar surface area (TPSA) is 15.6 Å². The molecular weight excluding hydrogens is 172 g/mol. The van der Waals surface area contributed by atoms with Crippen LogP contribution in [0.1, 0.15) is 40.0 Å². The summed E-state index contributed by atoms with van der Waals surface area (Å²) in [5.74, 6) is 1.14. The molecule has 0 heterocycles. The Morgan fingerprint density at radius 1 is 1.36 bits per heavy atom. The number of allylic oxidation sites excluding steroid dienone is 1. The first kappa shape index (κ1) is 13.2. The number of aliphatic imine (C=N–C) groups is 1. The fourth-order valence-electron chi connectivity index (χ4n) is 1.46. The van der Waals surface area contributed by atoms with Gasteiger partial charge in [-0.15, -0.1) is 0 Å². The number of nitrogens with zero attached hydrogens (tertiary/aromatic N) is 2. The third-order valence-electron chi connectivity index (χ3n) is 2.48. The first-order valence-electron chi connectivity index (χ1n) is 5.54. The third kappa shape index (κ3) is 3.95. The smallest absolute Gasteiger partial charge is 0.125 e. The van der Waals surface area contributed by atoms with E-state index in [0.29, 0.717) is 0 Å². The second kappa shape index (κ2) is 7.60. The monoisotopic (exact) mass is 196 g/mol. The Hall–Kier alpha value is -0.790. The molecule has 0 aromatic heterocycles. The third-order valence-corrected chi connectivity index (χ3v) is 2.48. The van der Waals surface area contributed by atoms with Crippen molar-refractivity contribution in [3.05, 3.63) is 11.6 Å². The van der Waals surface area contributed by atoms with Crippen LogP contribution >= 0.6 is 0 Å². The summed E-state index contributed by atoms with van der Waals surface area (Å²) in [5.41, 5.74) is 1.37. The summed E-state index contributed by atoms with van der Waals surface area (Å²) in [6.07, 6.45) is 5.81. The largest absolute Gasteiger partial charge is 0.360 e. The van der Waals surface area contributed by atoms with Crippen molar-refractivity contribution < 1.29 is 0 Å². The molecule has 0 saturated carbocycles. The summed E-state index contributed by atoms with van der Waals surface area (Å²) in [7, 11) is 3.97. The summed E-state index contributed by atoms with van der Waals surface area (Å²) in [6, 6.07) is 0. The zero-order valence-electron chi connectivity index (χ0n) is 10.3. The molecule has 0 aromatic rings. The molecule has 0 spiro atoms. The Morgan fingerprint density at radius 3 is 2.36 bits per heavy atom. The Kier molecular flexibility index (Phi) is 7.17. The molecule has 2 heteroatoms. The lowest BCUT2D eigenvalue weighted by molar-refractivity contribution is 0.531. The lowest BCUT2D eigenvalue weighted by Gasteiger charge is -2.21. The summed E-state index contributed by atoms with van der Waals surface area (Å²) in [6.45, 7) is 7.48. The van der Waals surface area contributed by atoms with E-state index in [1.165, 1.54) is 18.4 Å². The maximum absolute atomic E-state index is 4.36. The second-order valence-electron chi connectivity index (χ2n) is 3.48. The van der Waals surface area contributed by atoms with Crippen LogP contribution in [0.5, 0.6) is 0 Å². The van der Waals surface area contributed by atoms with E-state index in [9.17, 15) is 0 Å². The number of amidine groups is 1. The van der Waals surface area contributed by atoms with E-state index >= 15 is 0 Å². The molecule has 0 fully saturated rings. The predicted octanol–water partition coefficient (Wildman–Crippen LogP) is 3.10. The SMILES string of the molecule is C/C=C(\CCCC)C(=NC)N(C)CC. The van der Waals surface area contributed by atoms with Gasteiger partial charge in [0.25, 0.3) is 0 Å². The van der Waals surface area contributed by atoms with Crippen LogP contribution in [0, 0.1) is 0 Å². The molecule has 0 rings (SSSR count). The summed E-state index contributed by atoms with van der Waals surface area (Å²) >= 11 is 0. The molecule has 0 bridgehead atoms. The lowest BCUT2D eigenvalue weighted by atomic mass is 10.1. The minimum absolute atomic E-state index is 1.01. The number of hydrogen-bond donors (Lipinski definition) is 0. The van der Waals surface area contributed by atoms with E-state index in [2.05, 4.69) is 43.8 Å². The Balaban J connectivity index is 4.48. The van der Waals surface area contributed by atoms with Gasteiger partial charge in [0, 0.05) is 20.6 Å². The maximum atomic E-state index is 4.36. The highest BCUT2D eigenvalue weighted by Gasteiger charge is 2.08. The maximum Gasteiger partial charge on any atom is 0.125 e. The van der Waals surface area contributed by atoms with Gasteiger partial charge in [-0.25, -0.2) is 0 Å². The lowest BCUT2D eigenvalue weighted by Crippen LogP contribution is -2.28. The van der Waals surface area contributed by atoms with Gasteiger partial charge in [-0.2, -0.15) is 0 Å². The van der Waals surface area contributed by atoms with Gasteiger partial charge < -0.3 is 4.90 Å². The Bertz CT molecular complexity index is 204. The molecule has 0 aromatic carbocycles. The van der Waals surface area contributed by atoms with Gasteiger partial charge in [0.15, 0.2) is 0 Å². The molecule has 0 atom stereocenters.